The van der Waals surface area contributed by atoms with Gasteiger partial charge < -0.3 is 5.32 Å². The van der Waals surface area contributed by atoms with Gasteiger partial charge in [-0.3, -0.25) is 0 Å². The SMILES string of the molecule is CCNCc1c(C)nn(-c2nc(C)cc(C)n2)c1C. The van der Waals surface area contributed by atoms with Crippen molar-refractivity contribution in [2.75, 3.05) is 6.54 Å². The summed E-state index contributed by atoms with van der Waals surface area (Å²) >= 11 is 0. The molecule has 102 valence electrons. The number of aromatic nitrogens is 4. The molecule has 2 rings (SSSR count). The summed E-state index contributed by atoms with van der Waals surface area (Å²) < 4.78 is 1.84. The molecule has 0 aliphatic carbocycles. The maximum absolute atomic E-state index is 4.57. The fourth-order valence-corrected chi connectivity index (χ4v) is 2.18. The zero-order valence-corrected chi connectivity index (χ0v) is 12.3. The lowest BCUT2D eigenvalue weighted by Crippen LogP contribution is -2.13. The van der Waals surface area contributed by atoms with E-state index in [1.165, 1.54) is 5.56 Å². The van der Waals surface area contributed by atoms with Crippen LogP contribution in [0.25, 0.3) is 5.95 Å². The molecule has 5 heteroatoms. The monoisotopic (exact) mass is 259 g/mol. The van der Waals surface area contributed by atoms with Crippen LogP contribution >= 0.6 is 0 Å². The first kappa shape index (κ1) is 13.7. The van der Waals surface area contributed by atoms with E-state index >= 15 is 0 Å². The van der Waals surface area contributed by atoms with Gasteiger partial charge in [-0.1, -0.05) is 6.92 Å². The molecule has 2 heterocycles. The fourth-order valence-electron chi connectivity index (χ4n) is 2.18. The summed E-state index contributed by atoms with van der Waals surface area (Å²) in [7, 11) is 0. The van der Waals surface area contributed by atoms with Crippen LogP contribution in [0.5, 0.6) is 0 Å². The fraction of sp³-hybridized carbons (Fsp3) is 0.500. The zero-order valence-electron chi connectivity index (χ0n) is 12.3. The second-order valence-corrected chi connectivity index (χ2v) is 4.79. The Morgan fingerprint density at radius 1 is 1.11 bits per heavy atom. The Morgan fingerprint density at radius 2 is 1.74 bits per heavy atom. The number of nitrogens with one attached hydrogen (secondary N) is 1. The summed E-state index contributed by atoms with van der Waals surface area (Å²) in [4.78, 5) is 8.94. The lowest BCUT2D eigenvalue weighted by atomic mass is 10.2. The molecule has 0 aliphatic heterocycles. The van der Waals surface area contributed by atoms with Gasteiger partial charge in [-0.15, -0.1) is 0 Å². The predicted molar refractivity (Wildman–Crippen MR) is 75.5 cm³/mol. The zero-order chi connectivity index (χ0) is 14.0. The van der Waals surface area contributed by atoms with Crippen molar-refractivity contribution in [3.05, 3.63) is 34.4 Å². The van der Waals surface area contributed by atoms with E-state index < -0.39 is 0 Å². The number of nitrogens with zero attached hydrogens (tertiary/aromatic N) is 4. The average Bonchev–Trinajstić information content (AvgIpc) is 2.61. The Bertz CT molecular complexity index is 566. The lowest BCUT2D eigenvalue weighted by Gasteiger charge is -2.06. The van der Waals surface area contributed by atoms with E-state index in [4.69, 9.17) is 0 Å². The molecule has 0 saturated heterocycles. The molecule has 0 bridgehead atoms. The van der Waals surface area contributed by atoms with E-state index in [0.717, 1.165) is 35.9 Å². The van der Waals surface area contributed by atoms with Gasteiger partial charge in [-0.2, -0.15) is 5.10 Å². The van der Waals surface area contributed by atoms with Crippen molar-refractivity contribution >= 4 is 0 Å². The van der Waals surface area contributed by atoms with E-state index in [2.05, 4.69) is 34.2 Å². The topological polar surface area (TPSA) is 55.6 Å². The van der Waals surface area contributed by atoms with Crippen molar-refractivity contribution in [2.24, 2.45) is 0 Å². The normalized spacial score (nSPS) is 11.0. The molecule has 0 fully saturated rings. The molecule has 5 nitrogen and oxygen atoms in total. The second kappa shape index (κ2) is 5.48. The maximum atomic E-state index is 4.57. The average molecular weight is 259 g/mol. The molecule has 0 radical (unpaired) electrons. The number of hydrogen-bond acceptors (Lipinski definition) is 4. The molecule has 0 aliphatic rings. The summed E-state index contributed by atoms with van der Waals surface area (Å²) in [6.07, 6.45) is 0. The molecule has 19 heavy (non-hydrogen) atoms. The maximum Gasteiger partial charge on any atom is 0.251 e. The van der Waals surface area contributed by atoms with Crippen LogP contribution in [0, 0.1) is 27.7 Å². The van der Waals surface area contributed by atoms with Crippen LogP contribution in [0.15, 0.2) is 6.07 Å². The van der Waals surface area contributed by atoms with Gasteiger partial charge in [0.25, 0.3) is 5.95 Å². The largest absolute Gasteiger partial charge is 0.313 e. The Morgan fingerprint density at radius 3 is 2.32 bits per heavy atom. The van der Waals surface area contributed by atoms with Gasteiger partial charge >= 0.3 is 0 Å². The molecular weight excluding hydrogens is 238 g/mol. The van der Waals surface area contributed by atoms with Gasteiger partial charge in [0.15, 0.2) is 0 Å². The highest BCUT2D eigenvalue weighted by Gasteiger charge is 2.14. The Labute approximate surface area is 114 Å². The highest BCUT2D eigenvalue weighted by atomic mass is 15.4. The minimum Gasteiger partial charge on any atom is -0.313 e. The molecule has 0 aromatic carbocycles. The summed E-state index contributed by atoms with van der Waals surface area (Å²) in [5.41, 5.74) is 5.28. The van der Waals surface area contributed by atoms with E-state index in [9.17, 15) is 0 Å². The first-order chi connectivity index (χ1) is 9.02. The molecular formula is C14H21N5. The quantitative estimate of drug-likeness (QED) is 0.912. The summed E-state index contributed by atoms with van der Waals surface area (Å²) in [5.74, 6) is 0.654. The minimum absolute atomic E-state index is 0.654. The summed E-state index contributed by atoms with van der Waals surface area (Å²) in [6, 6.07) is 1.97. The van der Waals surface area contributed by atoms with Gasteiger partial charge in [-0.05, 0) is 40.3 Å². The molecule has 0 atom stereocenters. The van der Waals surface area contributed by atoms with E-state index in [1.54, 1.807) is 0 Å². The highest BCUT2D eigenvalue weighted by molar-refractivity contribution is 5.30. The van der Waals surface area contributed by atoms with Crippen molar-refractivity contribution in [2.45, 2.75) is 41.2 Å². The van der Waals surface area contributed by atoms with Crippen LogP contribution in [0.2, 0.25) is 0 Å². The van der Waals surface area contributed by atoms with Crippen molar-refractivity contribution in [1.29, 1.82) is 0 Å². The van der Waals surface area contributed by atoms with Gasteiger partial charge in [0, 0.05) is 29.2 Å². The first-order valence-corrected chi connectivity index (χ1v) is 6.61. The van der Waals surface area contributed by atoms with Crippen LogP contribution in [0.3, 0.4) is 0 Å². The molecule has 0 spiro atoms. The minimum atomic E-state index is 0.654. The highest BCUT2D eigenvalue weighted by Crippen LogP contribution is 2.16. The third-order valence-corrected chi connectivity index (χ3v) is 3.15. The van der Waals surface area contributed by atoms with Crippen molar-refractivity contribution in [1.82, 2.24) is 25.1 Å². The third-order valence-electron chi connectivity index (χ3n) is 3.15. The van der Waals surface area contributed by atoms with Crippen LogP contribution in [0.1, 0.15) is 35.3 Å². The van der Waals surface area contributed by atoms with Crippen molar-refractivity contribution in [3.8, 4) is 5.95 Å². The molecule has 2 aromatic heterocycles. The van der Waals surface area contributed by atoms with Gasteiger partial charge in [0.2, 0.25) is 0 Å². The van der Waals surface area contributed by atoms with E-state index in [1.807, 2.05) is 31.5 Å². The smallest absolute Gasteiger partial charge is 0.251 e. The molecule has 1 N–H and O–H groups in total. The summed E-state index contributed by atoms with van der Waals surface area (Å²) in [6.45, 7) is 11.9. The molecule has 0 unspecified atom stereocenters. The van der Waals surface area contributed by atoms with Gasteiger partial charge in [0.05, 0.1) is 5.69 Å². The van der Waals surface area contributed by atoms with Gasteiger partial charge in [-0.25, -0.2) is 14.6 Å². The number of aryl methyl sites for hydroxylation is 3. The van der Waals surface area contributed by atoms with Crippen molar-refractivity contribution in [3.63, 3.8) is 0 Å². The van der Waals surface area contributed by atoms with Gasteiger partial charge in [0.1, 0.15) is 0 Å². The first-order valence-electron chi connectivity index (χ1n) is 6.61. The third kappa shape index (κ3) is 2.81. The summed E-state index contributed by atoms with van der Waals surface area (Å²) in [5, 5.41) is 7.91. The Kier molecular flexibility index (Phi) is 3.95. The van der Waals surface area contributed by atoms with E-state index in [0.29, 0.717) is 5.95 Å². The standard InChI is InChI=1S/C14H21N5/c1-6-15-8-13-11(4)18-19(12(13)5)14-16-9(2)7-10(3)17-14/h7,15H,6,8H2,1-5H3. The predicted octanol–water partition coefficient (Wildman–Crippen LogP) is 2.01. The Hall–Kier alpha value is -1.75. The Balaban J connectivity index is 2.45. The van der Waals surface area contributed by atoms with Crippen LogP contribution in [-0.2, 0) is 6.54 Å². The molecule has 2 aromatic rings. The molecule has 0 saturated carbocycles. The molecule has 0 amide bonds. The number of hydrogen-bond donors (Lipinski definition) is 1. The number of rotatable bonds is 4. The van der Waals surface area contributed by atoms with E-state index in [-0.39, 0.29) is 0 Å². The lowest BCUT2D eigenvalue weighted by molar-refractivity contribution is 0.717. The van der Waals surface area contributed by atoms with Crippen LogP contribution in [-0.4, -0.2) is 26.3 Å². The second-order valence-electron chi connectivity index (χ2n) is 4.79. The van der Waals surface area contributed by atoms with Crippen LogP contribution < -0.4 is 5.32 Å². The van der Waals surface area contributed by atoms with Crippen LogP contribution in [0.4, 0.5) is 0 Å². The van der Waals surface area contributed by atoms with Crippen molar-refractivity contribution < 1.29 is 0 Å².